The minimum Gasteiger partial charge on any atom is -0.463 e. The zero-order chi connectivity index (χ0) is 15.9. The highest BCUT2D eigenvalue weighted by atomic mass is 16.5. The lowest BCUT2D eigenvalue weighted by Gasteiger charge is -2.08. The second-order valence-corrected chi connectivity index (χ2v) is 4.58. The number of hydrogen-bond acceptors (Lipinski definition) is 6. The largest absolute Gasteiger partial charge is 0.463 e. The van der Waals surface area contributed by atoms with Crippen LogP contribution >= 0.6 is 0 Å². The summed E-state index contributed by atoms with van der Waals surface area (Å²) in [7, 11) is 0. The Morgan fingerprint density at radius 3 is 2.78 bits per heavy atom. The van der Waals surface area contributed by atoms with Crippen LogP contribution in [0.4, 0.5) is 4.79 Å². The lowest BCUT2D eigenvalue weighted by molar-refractivity contribution is 0.137. The summed E-state index contributed by atoms with van der Waals surface area (Å²) in [5, 5.41) is 2.64. The van der Waals surface area contributed by atoms with Gasteiger partial charge >= 0.3 is 6.09 Å². The molecule has 0 aliphatic rings. The number of carbonyl (C=O) groups excluding carboxylic acids is 1. The van der Waals surface area contributed by atoms with E-state index in [0.29, 0.717) is 22.8 Å². The molecule has 0 aromatic carbocycles. The lowest BCUT2D eigenvalue weighted by Crippen LogP contribution is -2.24. The molecule has 1 N–H and O–H groups in total. The summed E-state index contributed by atoms with van der Waals surface area (Å²) in [4.78, 5) is 24.3. The maximum Gasteiger partial charge on any atom is 0.407 e. The van der Waals surface area contributed by atoms with Crippen LogP contribution in [-0.2, 0) is 17.9 Å². The van der Waals surface area contributed by atoms with E-state index in [1.165, 1.54) is 0 Å². The molecule has 0 spiro atoms. The van der Waals surface area contributed by atoms with Crippen molar-refractivity contribution in [2.24, 2.45) is 0 Å². The SMILES string of the molecule is O=C(NCc1nccnc1-c1ccco1)OCc1ccccn1. The molecule has 1 amide bonds. The number of rotatable bonds is 5. The summed E-state index contributed by atoms with van der Waals surface area (Å²) in [6.45, 7) is 0.295. The molecule has 7 nitrogen and oxygen atoms in total. The molecule has 0 saturated heterocycles. The predicted octanol–water partition coefficient (Wildman–Crippen LogP) is 2.56. The van der Waals surface area contributed by atoms with Crippen molar-refractivity contribution in [3.8, 4) is 11.5 Å². The van der Waals surface area contributed by atoms with Gasteiger partial charge in [-0.05, 0) is 24.3 Å². The van der Waals surface area contributed by atoms with Crippen molar-refractivity contribution in [1.82, 2.24) is 20.3 Å². The van der Waals surface area contributed by atoms with Crippen molar-refractivity contribution in [3.05, 3.63) is 66.6 Å². The van der Waals surface area contributed by atoms with E-state index in [2.05, 4.69) is 20.3 Å². The Labute approximate surface area is 132 Å². The van der Waals surface area contributed by atoms with E-state index < -0.39 is 6.09 Å². The van der Waals surface area contributed by atoms with Gasteiger partial charge in [0.1, 0.15) is 12.3 Å². The first kappa shape index (κ1) is 14.7. The molecule has 0 aliphatic carbocycles. The van der Waals surface area contributed by atoms with E-state index in [9.17, 15) is 4.79 Å². The summed E-state index contributed by atoms with van der Waals surface area (Å²) < 4.78 is 10.4. The molecule has 0 aliphatic heterocycles. The van der Waals surface area contributed by atoms with Crippen LogP contribution in [0.2, 0.25) is 0 Å². The van der Waals surface area contributed by atoms with Gasteiger partial charge in [-0.3, -0.25) is 9.97 Å². The molecule has 23 heavy (non-hydrogen) atoms. The van der Waals surface area contributed by atoms with Gasteiger partial charge in [-0.15, -0.1) is 0 Å². The van der Waals surface area contributed by atoms with Crippen LogP contribution in [0.3, 0.4) is 0 Å². The zero-order valence-corrected chi connectivity index (χ0v) is 12.2. The van der Waals surface area contributed by atoms with Gasteiger partial charge in [-0.2, -0.15) is 0 Å². The topological polar surface area (TPSA) is 90.1 Å². The average molecular weight is 310 g/mol. The van der Waals surface area contributed by atoms with Gasteiger partial charge in [-0.1, -0.05) is 6.07 Å². The van der Waals surface area contributed by atoms with Crippen molar-refractivity contribution >= 4 is 6.09 Å². The highest BCUT2D eigenvalue weighted by Gasteiger charge is 2.12. The Morgan fingerprint density at radius 1 is 1.09 bits per heavy atom. The maximum atomic E-state index is 11.8. The van der Waals surface area contributed by atoms with Crippen LogP contribution in [0.15, 0.2) is 59.6 Å². The molecular formula is C16H14N4O3. The molecule has 3 heterocycles. The van der Waals surface area contributed by atoms with Gasteiger partial charge < -0.3 is 14.5 Å². The van der Waals surface area contributed by atoms with E-state index in [4.69, 9.17) is 9.15 Å². The predicted molar refractivity (Wildman–Crippen MR) is 81.0 cm³/mol. The quantitative estimate of drug-likeness (QED) is 0.779. The number of nitrogens with one attached hydrogen (secondary N) is 1. The van der Waals surface area contributed by atoms with E-state index in [-0.39, 0.29) is 13.2 Å². The minimum absolute atomic E-state index is 0.109. The molecule has 0 fully saturated rings. The molecule has 0 saturated carbocycles. The molecule has 0 bridgehead atoms. The summed E-state index contributed by atoms with van der Waals surface area (Å²) >= 11 is 0. The fourth-order valence-electron chi connectivity index (χ4n) is 1.95. The first-order valence-electron chi connectivity index (χ1n) is 6.97. The van der Waals surface area contributed by atoms with E-state index >= 15 is 0 Å². The van der Waals surface area contributed by atoms with E-state index in [1.54, 1.807) is 49.1 Å². The number of amides is 1. The second-order valence-electron chi connectivity index (χ2n) is 4.58. The average Bonchev–Trinajstić information content (AvgIpc) is 3.14. The molecule has 3 aromatic rings. The minimum atomic E-state index is -0.549. The third-order valence-electron chi connectivity index (χ3n) is 3.01. The number of alkyl carbamates (subject to hydrolysis) is 1. The van der Waals surface area contributed by atoms with Crippen LogP contribution in [0.1, 0.15) is 11.4 Å². The van der Waals surface area contributed by atoms with Crippen LogP contribution < -0.4 is 5.32 Å². The molecule has 3 rings (SSSR count). The van der Waals surface area contributed by atoms with E-state index in [1.807, 2.05) is 6.07 Å². The Kier molecular flexibility index (Phi) is 4.58. The Balaban J connectivity index is 1.57. The third kappa shape index (κ3) is 3.91. The van der Waals surface area contributed by atoms with Crippen LogP contribution in [0.25, 0.3) is 11.5 Å². The Hall–Kier alpha value is -3.22. The summed E-state index contributed by atoms with van der Waals surface area (Å²) in [6.07, 6.45) is 5.78. The van der Waals surface area contributed by atoms with Crippen molar-refractivity contribution in [2.45, 2.75) is 13.2 Å². The fraction of sp³-hybridized carbons (Fsp3) is 0.125. The van der Waals surface area contributed by atoms with Gasteiger partial charge in [0.15, 0.2) is 5.76 Å². The molecule has 3 aromatic heterocycles. The highest BCUT2D eigenvalue weighted by molar-refractivity contribution is 5.67. The first-order valence-corrected chi connectivity index (χ1v) is 6.97. The molecule has 0 radical (unpaired) electrons. The van der Waals surface area contributed by atoms with Crippen molar-refractivity contribution in [1.29, 1.82) is 0 Å². The van der Waals surface area contributed by atoms with Crippen molar-refractivity contribution < 1.29 is 13.9 Å². The molecule has 116 valence electrons. The maximum absolute atomic E-state index is 11.8. The number of nitrogens with zero attached hydrogens (tertiary/aromatic N) is 3. The summed E-state index contributed by atoms with van der Waals surface area (Å²) in [5.74, 6) is 0.594. The van der Waals surface area contributed by atoms with E-state index in [0.717, 1.165) is 0 Å². The Bertz CT molecular complexity index is 760. The normalized spacial score (nSPS) is 10.3. The van der Waals surface area contributed by atoms with Gasteiger partial charge in [0.2, 0.25) is 0 Å². The zero-order valence-electron chi connectivity index (χ0n) is 12.2. The standard InChI is InChI=1S/C16H14N4O3/c21-16(23-11-12-4-1-2-6-17-12)20-10-13-15(19-8-7-18-13)14-5-3-9-22-14/h1-9H,10-11H2,(H,20,21). The van der Waals surface area contributed by atoms with Gasteiger partial charge in [0, 0.05) is 18.6 Å². The second kappa shape index (κ2) is 7.17. The molecule has 0 atom stereocenters. The van der Waals surface area contributed by atoms with Crippen LogP contribution in [0, 0.1) is 0 Å². The van der Waals surface area contributed by atoms with Gasteiger partial charge in [0.25, 0.3) is 0 Å². The summed E-state index contributed by atoms with van der Waals surface area (Å²) in [5.41, 5.74) is 1.86. The number of pyridine rings is 1. The van der Waals surface area contributed by atoms with Crippen LogP contribution in [-0.4, -0.2) is 21.0 Å². The fourth-order valence-corrected chi connectivity index (χ4v) is 1.95. The molecular weight excluding hydrogens is 296 g/mol. The third-order valence-corrected chi connectivity index (χ3v) is 3.01. The summed E-state index contributed by atoms with van der Waals surface area (Å²) in [6, 6.07) is 8.97. The monoisotopic (exact) mass is 310 g/mol. The lowest BCUT2D eigenvalue weighted by atomic mass is 10.2. The van der Waals surface area contributed by atoms with Gasteiger partial charge in [-0.25, -0.2) is 9.78 Å². The van der Waals surface area contributed by atoms with Crippen molar-refractivity contribution in [3.63, 3.8) is 0 Å². The number of carbonyl (C=O) groups is 1. The molecule has 0 unspecified atom stereocenters. The van der Waals surface area contributed by atoms with Gasteiger partial charge in [0.05, 0.1) is 24.2 Å². The number of furan rings is 1. The number of aromatic nitrogens is 3. The highest BCUT2D eigenvalue weighted by Crippen LogP contribution is 2.19. The Morgan fingerprint density at radius 2 is 2.00 bits per heavy atom. The smallest absolute Gasteiger partial charge is 0.407 e. The van der Waals surface area contributed by atoms with Crippen LogP contribution in [0.5, 0.6) is 0 Å². The first-order chi connectivity index (χ1) is 11.3. The number of hydrogen-bond donors (Lipinski definition) is 1. The molecule has 7 heteroatoms. The van der Waals surface area contributed by atoms with Crippen molar-refractivity contribution in [2.75, 3.05) is 0 Å². The number of ether oxygens (including phenoxy) is 1.